The number of piperidine rings is 1. The molecule has 0 unspecified atom stereocenters. The molecule has 4 heterocycles. The third kappa shape index (κ3) is 8.29. The molecule has 2 saturated heterocycles. The van der Waals surface area contributed by atoms with E-state index in [4.69, 9.17) is 19.9 Å². The van der Waals surface area contributed by atoms with Gasteiger partial charge in [0.15, 0.2) is 0 Å². The van der Waals surface area contributed by atoms with E-state index in [-0.39, 0.29) is 49.2 Å². The van der Waals surface area contributed by atoms with Gasteiger partial charge in [-0.15, -0.1) is 0 Å². The standard InChI is InChI=1S/C36H38F3N7O7/c1-3-51-32(49)24-9-10-26(46-14-11-22(2)43-46)25(17-24)30(36(37,38)39)53-29-18-28(41-33(40)42-29)44-15-12-35(13-16-44)19-27(31(47)48)45(21-35)34(50)52-20-23-7-5-4-6-8-23/h4-11,14,17-18,27,30H,3,12-13,15-16,19-21H2,1-2H3,(H,47,48)(H2,40,41,42)/t27-,30+/m0/s1. The molecule has 2 fully saturated rings. The molecular weight excluding hydrogens is 699 g/mol. The number of nitrogens with zero attached hydrogens (tertiary/aromatic N) is 6. The Kier molecular flexibility index (Phi) is 10.4. The van der Waals surface area contributed by atoms with Crippen molar-refractivity contribution in [3.63, 3.8) is 0 Å². The summed E-state index contributed by atoms with van der Waals surface area (Å²) in [4.78, 5) is 49.1. The number of aromatic nitrogens is 4. The number of amides is 1. The molecule has 1 spiro atoms. The van der Waals surface area contributed by atoms with Gasteiger partial charge in [-0.25, -0.2) is 19.1 Å². The fourth-order valence-corrected chi connectivity index (χ4v) is 6.79. The van der Waals surface area contributed by atoms with Crippen molar-refractivity contribution in [2.75, 3.05) is 36.9 Å². The first-order valence-corrected chi connectivity index (χ1v) is 16.9. The lowest BCUT2D eigenvalue weighted by Gasteiger charge is -2.39. The van der Waals surface area contributed by atoms with Crippen LogP contribution in [0, 0.1) is 12.3 Å². The van der Waals surface area contributed by atoms with Crippen molar-refractivity contribution < 1.29 is 46.9 Å². The predicted octanol–water partition coefficient (Wildman–Crippen LogP) is 5.49. The maximum atomic E-state index is 14.9. The summed E-state index contributed by atoms with van der Waals surface area (Å²) in [6.45, 7) is 4.13. The molecule has 53 heavy (non-hydrogen) atoms. The molecular formula is C36H38F3N7O7. The van der Waals surface area contributed by atoms with Gasteiger partial charge in [0.25, 0.3) is 0 Å². The van der Waals surface area contributed by atoms with Crippen LogP contribution in [0.25, 0.3) is 5.69 Å². The summed E-state index contributed by atoms with van der Waals surface area (Å²) in [5.74, 6) is -2.53. The minimum absolute atomic E-state index is 0.000911. The fraction of sp³-hybridized carbons (Fsp3) is 0.389. The van der Waals surface area contributed by atoms with Crippen LogP contribution in [-0.4, -0.2) is 86.2 Å². The molecule has 0 saturated carbocycles. The summed E-state index contributed by atoms with van der Waals surface area (Å²) in [7, 11) is 0. The highest BCUT2D eigenvalue weighted by Gasteiger charge is 2.51. The Labute approximate surface area is 302 Å². The average molecular weight is 738 g/mol. The van der Waals surface area contributed by atoms with Gasteiger partial charge in [-0.1, -0.05) is 30.3 Å². The Morgan fingerprint density at radius 1 is 1.04 bits per heavy atom. The van der Waals surface area contributed by atoms with Crippen molar-refractivity contribution in [1.29, 1.82) is 0 Å². The topological polar surface area (TPSA) is 175 Å². The van der Waals surface area contributed by atoms with Gasteiger partial charge in [-0.05, 0) is 68.4 Å². The second kappa shape index (κ2) is 15.0. The Morgan fingerprint density at radius 3 is 2.42 bits per heavy atom. The highest BCUT2D eigenvalue weighted by atomic mass is 19.4. The maximum Gasteiger partial charge on any atom is 0.429 e. The molecule has 0 aliphatic carbocycles. The van der Waals surface area contributed by atoms with E-state index >= 15 is 0 Å². The van der Waals surface area contributed by atoms with E-state index in [0.717, 1.165) is 11.6 Å². The van der Waals surface area contributed by atoms with Gasteiger partial charge in [0.1, 0.15) is 18.5 Å². The van der Waals surface area contributed by atoms with E-state index in [1.807, 2.05) is 18.2 Å². The zero-order chi connectivity index (χ0) is 37.9. The van der Waals surface area contributed by atoms with Crippen LogP contribution in [0.15, 0.2) is 66.9 Å². The Morgan fingerprint density at radius 2 is 1.77 bits per heavy atom. The van der Waals surface area contributed by atoms with Gasteiger partial charge in [-0.2, -0.15) is 28.2 Å². The predicted molar refractivity (Wildman–Crippen MR) is 183 cm³/mol. The third-order valence-electron chi connectivity index (χ3n) is 9.41. The lowest BCUT2D eigenvalue weighted by atomic mass is 9.76. The van der Waals surface area contributed by atoms with Crippen molar-refractivity contribution in [3.8, 4) is 11.6 Å². The molecule has 4 aromatic rings. The van der Waals surface area contributed by atoms with Crippen LogP contribution in [0.5, 0.6) is 5.88 Å². The molecule has 0 radical (unpaired) electrons. The van der Waals surface area contributed by atoms with Crippen molar-refractivity contribution in [2.24, 2.45) is 5.41 Å². The van der Waals surface area contributed by atoms with Gasteiger partial charge in [0.2, 0.25) is 17.9 Å². The molecule has 2 aliphatic heterocycles. The smallest absolute Gasteiger partial charge is 0.429 e. The molecule has 2 atom stereocenters. The molecule has 3 N–H and O–H groups in total. The highest BCUT2D eigenvalue weighted by Crippen LogP contribution is 2.45. The lowest BCUT2D eigenvalue weighted by Crippen LogP contribution is -2.43. The average Bonchev–Trinajstić information content (AvgIpc) is 3.73. The number of esters is 1. The number of halogens is 3. The Bertz CT molecular complexity index is 1970. The number of likely N-dealkylation sites (tertiary alicyclic amines) is 1. The van der Waals surface area contributed by atoms with Crippen LogP contribution in [-0.2, 0) is 20.9 Å². The van der Waals surface area contributed by atoms with Crippen LogP contribution in [0.4, 0.5) is 29.7 Å². The van der Waals surface area contributed by atoms with E-state index in [0.29, 0.717) is 31.6 Å². The number of nitrogen functional groups attached to an aromatic ring is 1. The summed E-state index contributed by atoms with van der Waals surface area (Å²) in [5, 5.41) is 14.2. The number of alkyl halides is 3. The molecule has 2 aromatic heterocycles. The first kappa shape index (κ1) is 36.9. The molecule has 17 heteroatoms. The zero-order valence-electron chi connectivity index (χ0n) is 29.0. The van der Waals surface area contributed by atoms with Crippen LogP contribution in [0.2, 0.25) is 0 Å². The minimum Gasteiger partial charge on any atom is -0.480 e. The molecule has 280 valence electrons. The molecule has 2 aliphatic rings. The number of benzene rings is 2. The summed E-state index contributed by atoms with van der Waals surface area (Å²) in [6, 6.07) is 14.6. The summed E-state index contributed by atoms with van der Waals surface area (Å²) >= 11 is 0. The van der Waals surface area contributed by atoms with E-state index in [9.17, 15) is 32.7 Å². The van der Waals surface area contributed by atoms with Gasteiger partial charge in [0, 0.05) is 37.5 Å². The quantitative estimate of drug-likeness (QED) is 0.196. The monoisotopic (exact) mass is 737 g/mol. The van der Waals surface area contributed by atoms with Crippen molar-refractivity contribution in [2.45, 2.75) is 58.0 Å². The first-order chi connectivity index (χ1) is 25.2. The normalized spacial score (nSPS) is 17.4. The molecule has 14 nitrogen and oxygen atoms in total. The molecule has 0 bridgehead atoms. The number of aryl methyl sites for hydroxylation is 1. The highest BCUT2D eigenvalue weighted by molar-refractivity contribution is 5.90. The van der Waals surface area contributed by atoms with E-state index in [2.05, 4.69) is 15.1 Å². The number of hydrogen-bond acceptors (Lipinski definition) is 11. The summed E-state index contributed by atoms with van der Waals surface area (Å²) in [5.41, 5.74) is 6.27. The van der Waals surface area contributed by atoms with Crippen molar-refractivity contribution in [3.05, 3.63) is 89.2 Å². The summed E-state index contributed by atoms with van der Waals surface area (Å²) < 4.78 is 61.9. The molecule has 2 aromatic carbocycles. The van der Waals surface area contributed by atoms with Gasteiger partial charge >= 0.3 is 24.2 Å². The Hall–Kier alpha value is -5.87. The molecule has 6 rings (SSSR count). The van der Waals surface area contributed by atoms with Crippen LogP contribution in [0.1, 0.15) is 59.5 Å². The van der Waals surface area contributed by atoms with Gasteiger partial charge in [0.05, 0.1) is 23.6 Å². The van der Waals surface area contributed by atoms with E-state index in [1.54, 1.807) is 36.9 Å². The SMILES string of the molecule is CCOC(=O)c1ccc(-n2ccc(C)n2)c([C@@H](Oc2cc(N3CCC4(CC3)C[C@@H](C(=O)O)N(C(=O)OCc3ccccc3)C4)nc(N)n2)C(F)(F)F)c1. The van der Waals surface area contributed by atoms with Crippen molar-refractivity contribution in [1.82, 2.24) is 24.6 Å². The number of carboxylic acid groups (broad SMARTS) is 1. The van der Waals surface area contributed by atoms with E-state index < -0.39 is 53.2 Å². The number of rotatable bonds is 10. The fourth-order valence-electron chi connectivity index (χ4n) is 6.79. The number of hydrogen-bond donors (Lipinski definition) is 2. The molecule has 1 amide bonds. The lowest BCUT2D eigenvalue weighted by molar-refractivity contribution is -0.198. The van der Waals surface area contributed by atoms with Crippen molar-refractivity contribution >= 4 is 29.8 Å². The number of anilines is 2. The van der Waals surface area contributed by atoms with E-state index in [1.165, 1.54) is 34.0 Å². The number of carbonyl (C=O) groups excluding carboxylic acids is 2. The van der Waals surface area contributed by atoms with Crippen LogP contribution in [0.3, 0.4) is 0 Å². The maximum absolute atomic E-state index is 14.9. The van der Waals surface area contributed by atoms with Crippen LogP contribution >= 0.6 is 0 Å². The largest absolute Gasteiger partial charge is 0.480 e. The number of carboxylic acids is 1. The number of ether oxygens (including phenoxy) is 3. The second-order valence-electron chi connectivity index (χ2n) is 13.1. The number of aliphatic carboxylic acids is 1. The summed E-state index contributed by atoms with van der Waals surface area (Å²) in [6.07, 6.45) is -5.70. The van der Waals surface area contributed by atoms with Crippen LogP contribution < -0.4 is 15.4 Å². The second-order valence-corrected chi connectivity index (χ2v) is 13.1. The number of carbonyl (C=O) groups is 3. The third-order valence-corrected chi connectivity index (χ3v) is 9.41. The number of nitrogens with two attached hydrogens (primary N) is 1. The first-order valence-electron chi connectivity index (χ1n) is 16.9. The Balaban J connectivity index is 1.21. The zero-order valence-corrected chi connectivity index (χ0v) is 29.0. The van der Waals surface area contributed by atoms with Gasteiger partial charge < -0.3 is 30.0 Å². The minimum atomic E-state index is -4.99. The van der Waals surface area contributed by atoms with Gasteiger partial charge in [-0.3, -0.25) is 4.90 Å².